The molecule has 2 nitrogen and oxygen atoms in total. The van der Waals surface area contributed by atoms with Crippen LogP contribution in [0.1, 0.15) is 0 Å². The predicted octanol–water partition coefficient (Wildman–Crippen LogP) is -3.44. The van der Waals surface area contributed by atoms with Crippen LogP contribution in [0, 0.1) is 5.41 Å². The fraction of sp³-hybridized carbons (Fsp3) is 0. The molecule has 0 saturated carbocycles. The van der Waals surface area contributed by atoms with Crippen LogP contribution < -0.4 is 57.1 Å². The predicted molar refractivity (Wildman–Crippen MR) is 13.0 cm³/mol. The van der Waals surface area contributed by atoms with Gasteiger partial charge in [-0.05, 0) is 0 Å². The molecule has 18 valence electrons. The summed E-state index contributed by atoms with van der Waals surface area (Å²) in [5, 5.41) is 5.86. The number of hydrogen-bond acceptors (Lipinski definition) is 1. The standard InChI is InChI=1S/CH4N2.K/c2-1-3;/h1H,(H3,2,3);/q;+1. The quantitative estimate of drug-likeness (QED) is 0.179. The van der Waals surface area contributed by atoms with Gasteiger partial charge in [0.2, 0.25) is 0 Å². The zero-order valence-electron chi connectivity index (χ0n) is 2.65. The number of rotatable bonds is 0. The summed E-state index contributed by atoms with van der Waals surface area (Å²) in [5.74, 6) is 0. The molecule has 4 heavy (non-hydrogen) atoms. The molecule has 0 spiro atoms. The van der Waals surface area contributed by atoms with Crippen LogP contribution >= 0.6 is 0 Å². The Kier molecular flexibility index (Phi) is 19.9. The first kappa shape index (κ1) is 8.92. The van der Waals surface area contributed by atoms with Crippen molar-refractivity contribution in [3.8, 4) is 0 Å². The third-order valence-corrected chi connectivity index (χ3v) is 0. The van der Waals surface area contributed by atoms with Gasteiger partial charge in [-0.1, -0.05) is 0 Å². The average molecular weight is 83.2 g/mol. The van der Waals surface area contributed by atoms with E-state index in [2.05, 4.69) is 5.73 Å². The molecule has 0 aliphatic heterocycles. The Labute approximate surface area is 67.7 Å². The van der Waals surface area contributed by atoms with E-state index in [0.717, 1.165) is 6.34 Å². The smallest absolute Gasteiger partial charge is 0.390 e. The normalized spacial score (nSPS) is 3.00. The molecule has 0 aliphatic rings. The molecule has 0 atom stereocenters. The molecule has 0 heterocycles. The van der Waals surface area contributed by atoms with Crippen molar-refractivity contribution in [2.75, 3.05) is 0 Å². The molecule has 3 heteroatoms. The van der Waals surface area contributed by atoms with Crippen molar-refractivity contribution in [1.29, 1.82) is 5.41 Å². The van der Waals surface area contributed by atoms with Gasteiger partial charge in [-0.2, -0.15) is 0 Å². The maximum absolute atomic E-state index is 5.86. The van der Waals surface area contributed by atoms with Gasteiger partial charge < -0.3 is 5.73 Å². The van der Waals surface area contributed by atoms with E-state index >= 15 is 0 Å². The van der Waals surface area contributed by atoms with E-state index in [-0.39, 0.29) is 51.4 Å². The molecule has 0 amide bonds. The minimum atomic E-state index is 0. The molecular weight excluding hydrogens is 79.1 g/mol. The summed E-state index contributed by atoms with van der Waals surface area (Å²) in [6, 6.07) is 0. The van der Waals surface area contributed by atoms with Gasteiger partial charge in [-0.3, -0.25) is 5.41 Å². The second kappa shape index (κ2) is 8.93. The van der Waals surface area contributed by atoms with Crippen LogP contribution in [0.2, 0.25) is 0 Å². The molecule has 0 unspecified atom stereocenters. The molecule has 0 aromatic rings. The number of hydrogen-bond donors (Lipinski definition) is 2. The van der Waals surface area contributed by atoms with E-state index in [1.165, 1.54) is 0 Å². The Bertz CT molecular complexity index is 13.5. The summed E-state index contributed by atoms with van der Waals surface area (Å²) < 4.78 is 0. The second-order valence-electron chi connectivity index (χ2n) is 0.167. The van der Waals surface area contributed by atoms with Crippen molar-refractivity contribution in [2.45, 2.75) is 0 Å². The van der Waals surface area contributed by atoms with Crippen LogP contribution in [0.4, 0.5) is 0 Å². The van der Waals surface area contributed by atoms with E-state index in [1.807, 2.05) is 0 Å². The summed E-state index contributed by atoms with van der Waals surface area (Å²) in [4.78, 5) is 0. The largest absolute Gasteiger partial charge is 1.00 e. The SMILES string of the molecule is N=CN.[K+]. The van der Waals surface area contributed by atoms with Crippen molar-refractivity contribution in [3.63, 3.8) is 0 Å². The van der Waals surface area contributed by atoms with Crippen LogP contribution in [-0.4, -0.2) is 6.34 Å². The molecular formula is CH4KN2+. The summed E-state index contributed by atoms with van der Waals surface area (Å²) in [6.07, 6.45) is 0.750. The van der Waals surface area contributed by atoms with E-state index in [0.29, 0.717) is 0 Å². The first-order valence-electron chi connectivity index (χ1n) is 0.622. The van der Waals surface area contributed by atoms with Gasteiger partial charge in [-0.25, -0.2) is 0 Å². The van der Waals surface area contributed by atoms with Crippen molar-refractivity contribution in [3.05, 3.63) is 0 Å². The van der Waals surface area contributed by atoms with Crippen molar-refractivity contribution < 1.29 is 51.4 Å². The molecule has 0 bridgehead atoms. The Morgan fingerprint density at radius 3 is 1.75 bits per heavy atom. The van der Waals surface area contributed by atoms with Gasteiger partial charge in [-0.15, -0.1) is 0 Å². The molecule has 0 saturated heterocycles. The third kappa shape index (κ3) is 11.3. The molecule has 0 aliphatic carbocycles. The molecule has 0 aromatic carbocycles. The zero-order valence-corrected chi connectivity index (χ0v) is 5.78. The van der Waals surface area contributed by atoms with Gasteiger partial charge in [0.1, 0.15) is 0 Å². The van der Waals surface area contributed by atoms with Crippen molar-refractivity contribution in [2.24, 2.45) is 5.73 Å². The molecule has 0 fully saturated rings. The summed E-state index contributed by atoms with van der Waals surface area (Å²) >= 11 is 0. The van der Waals surface area contributed by atoms with Crippen LogP contribution in [0.3, 0.4) is 0 Å². The van der Waals surface area contributed by atoms with Gasteiger partial charge in [0.05, 0.1) is 6.34 Å². The van der Waals surface area contributed by atoms with E-state index < -0.39 is 0 Å². The fourth-order valence-corrected chi connectivity index (χ4v) is 0. The number of nitrogens with one attached hydrogen (secondary N) is 1. The fourth-order valence-electron chi connectivity index (χ4n) is 0. The van der Waals surface area contributed by atoms with Gasteiger partial charge in [0.25, 0.3) is 0 Å². The monoisotopic (exact) mass is 83.0 g/mol. The maximum Gasteiger partial charge on any atom is 1.00 e. The van der Waals surface area contributed by atoms with Crippen LogP contribution in [0.15, 0.2) is 0 Å². The van der Waals surface area contributed by atoms with E-state index in [1.54, 1.807) is 0 Å². The molecule has 0 aromatic heterocycles. The van der Waals surface area contributed by atoms with Crippen molar-refractivity contribution in [1.82, 2.24) is 0 Å². The van der Waals surface area contributed by atoms with Crippen LogP contribution in [-0.2, 0) is 0 Å². The molecule has 0 radical (unpaired) electrons. The first-order valence-corrected chi connectivity index (χ1v) is 0.622. The summed E-state index contributed by atoms with van der Waals surface area (Å²) in [7, 11) is 0. The third-order valence-electron chi connectivity index (χ3n) is 0. The Hall–Kier alpha value is 1.11. The average Bonchev–Trinajstić information content (AvgIpc) is 0.918. The topological polar surface area (TPSA) is 49.9 Å². The Morgan fingerprint density at radius 2 is 1.75 bits per heavy atom. The van der Waals surface area contributed by atoms with E-state index in [9.17, 15) is 0 Å². The molecule has 3 N–H and O–H groups in total. The zero-order chi connectivity index (χ0) is 2.71. The van der Waals surface area contributed by atoms with Crippen LogP contribution in [0.25, 0.3) is 0 Å². The van der Waals surface area contributed by atoms with Gasteiger partial charge >= 0.3 is 51.4 Å². The maximum atomic E-state index is 5.86. The summed E-state index contributed by atoms with van der Waals surface area (Å²) in [5.41, 5.74) is 4.39. The summed E-state index contributed by atoms with van der Waals surface area (Å²) in [6.45, 7) is 0. The minimum Gasteiger partial charge on any atom is -0.390 e. The number of nitrogens with two attached hydrogens (primary N) is 1. The first-order chi connectivity index (χ1) is 1.41. The van der Waals surface area contributed by atoms with Crippen molar-refractivity contribution >= 4 is 6.34 Å². The van der Waals surface area contributed by atoms with Crippen LogP contribution in [0.5, 0.6) is 0 Å². The molecule has 0 rings (SSSR count). The van der Waals surface area contributed by atoms with Gasteiger partial charge in [0, 0.05) is 0 Å². The second-order valence-corrected chi connectivity index (χ2v) is 0.167. The Balaban J connectivity index is 0. The Morgan fingerprint density at radius 1 is 1.75 bits per heavy atom. The minimum absolute atomic E-state index is 0. The van der Waals surface area contributed by atoms with Gasteiger partial charge in [0.15, 0.2) is 0 Å². The van der Waals surface area contributed by atoms with E-state index in [4.69, 9.17) is 5.41 Å².